The quantitative estimate of drug-likeness (QED) is 0.826. The molecule has 2 aromatic carbocycles. The molecule has 0 aromatic heterocycles. The zero-order chi connectivity index (χ0) is 21.8. The van der Waals surface area contributed by atoms with Gasteiger partial charge in [-0.25, -0.2) is 0 Å². The first-order chi connectivity index (χ1) is 14.3. The van der Waals surface area contributed by atoms with Gasteiger partial charge in [-0.15, -0.1) is 0 Å². The number of nitrogens with zero attached hydrogens (tertiary/aromatic N) is 2. The van der Waals surface area contributed by atoms with Gasteiger partial charge in [0.2, 0.25) is 11.8 Å². The molecule has 1 aliphatic rings. The van der Waals surface area contributed by atoms with Crippen LogP contribution < -0.4 is 5.32 Å². The molecule has 2 aromatic rings. The van der Waals surface area contributed by atoms with E-state index in [1.54, 1.807) is 25.1 Å². The van der Waals surface area contributed by atoms with Crippen molar-refractivity contribution in [1.82, 2.24) is 9.80 Å². The average molecular weight is 408 g/mol. The van der Waals surface area contributed by atoms with E-state index in [-0.39, 0.29) is 17.7 Å². The molecule has 6 heteroatoms. The third kappa shape index (κ3) is 4.53. The standard InChI is InChI=1S/C24H29N3O3/c1-5-8-22(28)25-19-12-11-17-14-21(24(30)26(3)4)27(15-18(17)13-19)23(29)20-10-7-6-9-16(20)2/h6-7,9-13,21H,5,8,14-15H2,1-4H3,(H,25,28). The van der Waals surface area contributed by atoms with Gasteiger partial charge in [-0.3, -0.25) is 14.4 Å². The first-order valence-electron chi connectivity index (χ1n) is 10.3. The molecule has 0 fully saturated rings. The van der Waals surface area contributed by atoms with Gasteiger partial charge in [0.1, 0.15) is 6.04 Å². The Kier molecular flexibility index (Phi) is 6.55. The molecule has 0 spiro atoms. The summed E-state index contributed by atoms with van der Waals surface area (Å²) in [6.45, 7) is 4.18. The first-order valence-corrected chi connectivity index (χ1v) is 10.3. The van der Waals surface area contributed by atoms with Crippen LogP contribution in [0.1, 0.15) is 46.8 Å². The first kappa shape index (κ1) is 21.6. The monoisotopic (exact) mass is 407 g/mol. The normalized spacial score (nSPS) is 15.3. The van der Waals surface area contributed by atoms with E-state index >= 15 is 0 Å². The van der Waals surface area contributed by atoms with Gasteiger partial charge in [0.25, 0.3) is 5.91 Å². The second kappa shape index (κ2) is 9.11. The molecule has 1 heterocycles. The predicted molar refractivity (Wildman–Crippen MR) is 117 cm³/mol. The lowest BCUT2D eigenvalue weighted by molar-refractivity contribution is -0.134. The van der Waals surface area contributed by atoms with Crippen LogP contribution in [0, 0.1) is 6.92 Å². The van der Waals surface area contributed by atoms with E-state index in [0.717, 1.165) is 23.1 Å². The zero-order valence-electron chi connectivity index (χ0n) is 18.1. The summed E-state index contributed by atoms with van der Waals surface area (Å²) in [5.74, 6) is -0.274. The number of hydrogen-bond donors (Lipinski definition) is 1. The maximum atomic E-state index is 13.4. The fourth-order valence-electron chi connectivity index (χ4n) is 3.81. The Morgan fingerprint density at radius 3 is 2.50 bits per heavy atom. The van der Waals surface area contributed by atoms with Gasteiger partial charge < -0.3 is 15.1 Å². The number of nitrogens with one attached hydrogen (secondary N) is 1. The van der Waals surface area contributed by atoms with Crippen LogP contribution in [0.4, 0.5) is 5.69 Å². The molecule has 6 nitrogen and oxygen atoms in total. The van der Waals surface area contributed by atoms with Gasteiger partial charge in [0.05, 0.1) is 0 Å². The minimum Gasteiger partial charge on any atom is -0.347 e. The molecule has 0 aliphatic carbocycles. The summed E-state index contributed by atoms with van der Waals surface area (Å²) < 4.78 is 0. The highest BCUT2D eigenvalue weighted by Crippen LogP contribution is 2.29. The highest BCUT2D eigenvalue weighted by atomic mass is 16.2. The van der Waals surface area contributed by atoms with E-state index in [1.165, 1.54) is 4.90 Å². The molecule has 3 rings (SSSR count). The van der Waals surface area contributed by atoms with E-state index < -0.39 is 6.04 Å². The Hall–Kier alpha value is -3.15. The Morgan fingerprint density at radius 1 is 1.10 bits per heavy atom. The van der Waals surface area contributed by atoms with Crippen molar-refractivity contribution < 1.29 is 14.4 Å². The smallest absolute Gasteiger partial charge is 0.255 e. The van der Waals surface area contributed by atoms with Crippen molar-refractivity contribution in [3.05, 3.63) is 64.7 Å². The third-order valence-corrected chi connectivity index (χ3v) is 5.46. The molecule has 1 N–H and O–H groups in total. The Labute approximate surface area is 177 Å². The van der Waals surface area contributed by atoms with Crippen LogP contribution in [0.15, 0.2) is 42.5 Å². The molecule has 3 amide bonds. The Morgan fingerprint density at radius 2 is 1.83 bits per heavy atom. The lowest BCUT2D eigenvalue weighted by Gasteiger charge is -2.37. The lowest BCUT2D eigenvalue weighted by atomic mass is 9.91. The summed E-state index contributed by atoms with van der Waals surface area (Å²) in [4.78, 5) is 41.5. The molecule has 1 aliphatic heterocycles. The van der Waals surface area contributed by atoms with E-state index in [0.29, 0.717) is 30.6 Å². The van der Waals surface area contributed by atoms with Crippen molar-refractivity contribution in [2.24, 2.45) is 0 Å². The number of likely N-dealkylation sites (N-methyl/N-ethyl adjacent to an activating group) is 1. The zero-order valence-corrected chi connectivity index (χ0v) is 18.1. The highest BCUT2D eigenvalue weighted by molar-refractivity contribution is 5.99. The van der Waals surface area contributed by atoms with Crippen molar-refractivity contribution in [3.63, 3.8) is 0 Å². The number of fused-ring (bicyclic) bond motifs is 1. The molecular weight excluding hydrogens is 378 g/mol. The maximum absolute atomic E-state index is 13.4. The van der Waals surface area contributed by atoms with Crippen LogP contribution >= 0.6 is 0 Å². The Bertz CT molecular complexity index is 968. The van der Waals surface area contributed by atoms with Crippen LogP contribution in [0.25, 0.3) is 0 Å². The van der Waals surface area contributed by atoms with Gasteiger partial charge in [-0.2, -0.15) is 0 Å². The fraction of sp³-hybridized carbons (Fsp3) is 0.375. The topological polar surface area (TPSA) is 69.7 Å². The summed E-state index contributed by atoms with van der Waals surface area (Å²) in [5, 5.41) is 2.91. The van der Waals surface area contributed by atoms with Crippen LogP contribution in [0.2, 0.25) is 0 Å². The van der Waals surface area contributed by atoms with Gasteiger partial charge in [-0.05, 0) is 48.2 Å². The molecule has 0 radical (unpaired) electrons. The summed E-state index contributed by atoms with van der Waals surface area (Å²) in [6, 6.07) is 12.6. The van der Waals surface area contributed by atoms with Crippen LogP contribution in [0.5, 0.6) is 0 Å². The summed E-state index contributed by atoms with van der Waals surface area (Å²) in [7, 11) is 3.42. The molecule has 0 saturated carbocycles. The average Bonchev–Trinajstić information content (AvgIpc) is 2.72. The van der Waals surface area contributed by atoms with Crippen molar-refractivity contribution >= 4 is 23.4 Å². The highest BCUT2D eigenvalue weighted by Gasteiger charge is 2.36. The van der Waals surface area contributed by atoms with E-state index in [1.807, 2.05) is 50.2 Å². The Balaban J connectivity index is 1.95. The fourth-order valence-corrected chi connectivity index (χ4v) is 3.81. The minimum atomic E-state index is -0.555. The van der Waals surface area contributed by atoms with Crippen LogP contribution in [0.3, 0.4) is 0 Å². The molecule has 1 unspecified atom stereocenters. The number of carbonyl (C=O) groups excluding carboxylic acids is 3. The van der Waals surface area contributed by atoms with Gasteiger partial charge >= 0.3 is 0 Å². The van der Waals surface area contributed by atoms with Gasteiger partial charge in [0.15, 0.2) is 0 Å². The van der Waals surface area contributed by atoms with Crippen molar-refractivity contribution in [3.8, 4) is 0 Å². The van der Waals surface area contributed by atoms with Crippen molar-refractivity contribution in [1.29, 1.82) is 0 Å². The maximum Gasteiger partial charge on any atom is 0.255 e. The summed E-state index contributed by atoms with van der Waals surface area (Å²) >= 11 is 0. The van der Waals surface area contributed by atoms with E-state index in [9.17, 15) is 14.4 Å². The molecule has 0 saturated heterocycles. The minimum absolute atomic E-state index is 0.0261. The van der Waals surface area contributed by atoms with Crippen molar-refractivity contribution in [2.75, 3.05) is 19.4 Å². The third-order valence-electron chi connectivity index (χ3n) is 5.46. The molecule has 30 heavy (non-hydrogen) atoms. The largest absolute Gasteiger partial charge is 0.347 e. The second-order valence-electron chi connectivity index (χ2n) is 7.98. The predicted octanol–water partition coefficient (Wildman–Crippen LogP) is 3.39. The number of rotatable bonds is 5. The van der Waals surface area contributed by atoms with Crippen molar-refractivity contribution in [2.45, 2.75) is 45.7 Å². The lowest BCUT2D eigenvalue weighted by Crippen LogP contribution is -2.52. The van der Waals surface area contributed by atoms with E-state index in [2.05, 4.69) is 5.32 Å². The SMILES string of the molecule is CCCC(=O)Nc1ccc2c(c1)CN(C(=O)c1ccccc1C)C(C(=O)N(C)C)C2. The number of amides is 3. The number of benzene rings is 2. The van der Waals surface area contributed by atoms with Crippen LogP contribution in [-0.4, -0.2) is 47.7 Å². The summed E-state index contributed by atoms with van der Waals surface area (Å²) in [5.41, 5.74) is 4.18. The molecular formula is C24H29N3O3. The van der Waals surface area contributed by atoms with E-state index in [4.69, 9.17) is 0 Å². The number of anilines is 1. The van der Waals surface area contributed by atoms with Gasteiger partial charge in [0, 0.05) is 44.7 Å². The van der Waals surface area contributed by atoms with Crippen LogP contribution in [-0.2, 0) is 22.6 Å². The number of aryl methyl sites for hydroxylation is 1. The number of hydrogen-bond acceptors (Lipinski definition) is 3. The summed E-state index contributed by atoms with van der Waals surface area (Å²) in [6.07, 6.45) is 1.70. The molecule has 158 valence electrons. The second-order valence-corrected chi connectivity index (χ2v) is 7.98. The molecule has 1 atom stereocenters. The van der Waals surface area contributed by atoms with Gasteiger partial charge in [-0.1, -0.05) is 31.2 Å². The number of carbonyl (C=O) groups is 3. The molecule has 0 bridgehead atoms.